The van der Waals surface area contributed by atoms with Crippen molar-refractivity contribution in [3.05, 3.63) is 0 Å². The number of morpholine rings is 1. The molecule has 0 aromatic rings. The van der Waals surface area contributed by atoms with Crippen LogP contribution < -0.4 is 5.73 Å². The minimum Gasteiger partial charge on any atom is -0.408 e. The standard InChI is InChI=1S/C6H13N3O3/c7-6(8-11)9-1-2-12-4-5(9)3-10/h5,10-11H,1-4H2,(H2,7,8). The Morgan fingerprint density at radius 1 is 1.75 bits per heavy atom. The third-order valence-corrected chi connectivity index (χ3v) is 1.84. The molecule has 12 heavy (non-hydrogen) atoms. The number of oxime groups is 1. The van der Waals surface area contributed by atoms with Gasteiger partial charge in [-0.15, -0.1) is 0 Å². The van der Waals surface area contributed by atoms with Crippen molar-refractivity contribution in [3.63, 3.8) is 0 Å². The van der Waals surface area contributed by atoms with Crippen LogP contribution in [0.25, 0.3) is 0 Å². The summed E-state index contributed by atoms with van der Waals surface area (Å²) < 4.78 is 5.10. The number of aliphatic hydroxyl groups excluding tert-OH is 1. The maximum atomic E-state index is 8.89. The molecule has 1 fully saturated rings. The fourth-order valence-electron chi connectivity index (χ4n) is 1.17. The van der Waals surface area contributed by atoms with Crippen LogP contribution in [-0.4, -0.2) is 53.6 Å². The molecule has 1 aliphatic rings. The third-order valence-electron chi connectivity index (χ3n) is 1.84. The van der Waals surface area contributed by atoms with E-state index in [1.54, 1.807) is 4.90 Å². The number of hydrogen-bond donors (Lipinski definition) is 3. The summed E-state index contributed by atoms with van der Waals surface area (Å²) in [6.07, 6.45) is 0. The smallest absolute Gasteiger partial charge is 0.233 e. The van der Waals surface area contributed by atoms with Gasteiger partial charge in [-0.05, 0) is 0 Å². The van der Waals surface area contributed by atoms with E-state index in [0.717, 1.165) is 0 Å². The van der Waals surface area contributed by atoms with Crippen LogP contribution in [0.3, 0.4) is 0 Å². The van der Waals surface area contributed by atoms with Crippen LogP contribution in [0.1, 0.15) is 0 Å². The molecule has 0 aromatic carbocycles. The van der Waals surface area contributed by atoms with Gasteiger partial charge in [0, 0.05) is 6.54 Å². The van der Waals surface area contributed by atoms with Gasteiger partial charge in [-0.2, -0.15) is 0 Å². The Labute approximate surface area is 70.2 Å². The molecule has 1 aliphatic heterocycles. The van der Waals surface area contributed by atoms with Crippen molar-refractivity contribution in [1.82, 2.24) is 4.90 Å². The summed E-state index contributed by atoms with van der Waals surface area (Å²) >= 11 is 0. The normalized spacial score (nSPS) is 25.9. The molecule has 0 spiro atoms. The van der Waals surface area contributed by atoms with Crippen LogP contribution in [0.15, 0.2) is 5.16 Å². The molecule has 1 unspecified atom stereocenters. The minimum absolute atomic E-state index is 0.0253. The van der Waals surface area contributed by atoms with E-state index in [9.17, 15) is 0 Å². The Kier molecular flexibility index (Phi) is 3.12. The van der Waals surface area contributed by atoms with Crippen molar-refractivity contribution in [3.8, 4) is 0 Å². The lowest BCUT2D eigenvalue weighted by Crippen LogP contribution is -2.53. The van der Waals surface area contributed by atoms with E-state index in [-0.39, 0.29) is 18.6 Å². The van der Waals surface area contributed by atoms with Gasteiger partial charge in [0.05, 0.1) is 25.9 Å². The number of rotatable bonds is 1. The molecule has 0 bridgehead atoms. The van der Waals surface area contributed by atoms with E-state index < -0.39 is 0 Å². The predicted octanol–water partition coefficient (Wildman–Crippen LogP) is -1.62. The Morgan fingerprint density at radius 3 is 3.08 bits per heavy atom. The molecule has 4 N–H and O–H groups in total. The molecular weight excluding hydrogens is 162 g/mol. The lowest BCUT2D eigenvalue weighted by molar-refractivity contribution is 0.00294. The van der Waals surface area contributed by atoms with E-state index >= 15 is 0 Å². The first kappa shape index (κ1) is 9.08. The number of guanidine groups is 1. The summed E-state index contributed by atoms with van der Waals surface area (Å²) in [4.78, 5) is 1.61. The number of nitrogens with zero attached hydrogens (tertiary/aromatic N) is 2. The van der Waals surface area contributed by atoms with Crippen molar-refractivity contribution in [1.29, 1.82) is 0 Å². The summed E-state index contributed by atoms with van der Waals surface area (Å²) in [5, 5.41) is 20.2. The fourth-order valence-corrected chi connectivity index (χ4v) is 1.17. The molecular formula is C6H13N3O3. The fraction of sp³-hybridized carbons (Fsp3) is 0.833. The zero-order valence-electron chi connectivity index (χ0n) is 6.68. The second-order valence-corrected chi connectivity index (χ2v) is 2.56. The first-order valence-electron chi connectivity index (χ1n) is 3.72. The summed E-state index contributed by atoms with van der Waals surface area (Å²) in [6.45, 7) is 1.43. The van der Waals surface area contributed by atoms with Crippen LogP contribution in [0, 0.1) is 0 Å². The second kappa shape index (κ2) is 4.13. The van der Waals surface area contributed by atoms with Gasteiger partial charge < -0.3 is 25.7 Å². The highest BCUT2D eigenvalue weighted by atomic mass is 16.5. The maximum absolute atomic E-state index is 8.89. The highest BCUT2D eigenvalue weighted by molar-refractivity contribution is 5.77. The largest absolute Gasteiger partial charge is 0.408 e. The Hall–Kier alpha value is -1.01. The maximum Gasteiger partial charge on any atom is 0.233 e. The van der Waals surface area contributed by atoms with Gasteiger partial charge in [-0.25, -0.2) is 0 Å². The van der Waals surface area contributed by atoms with Gasteiger partial charge in [-0.1, -0.05) is 5.16 Å². The molecule has 6 nitrogen and oxygen atoms in total. The van der Waals surface area contributed by atoms with Gasteiger partial charge in [0.2, 0.25) is 5.96 Å². The Balaban J connectivity index is 2.58. The molecule has 0 aromatic heterocycles. The molecule has 1 rings (SSSR count). The predicted molar refractivity (Wildman–Crippen MR) is 41.8 cm³/mol. The summed E-state index contributed by atoms with van der Waals surface area (Å²) in [5.41, 5.74) is 5.37. The van der Waals surface area contributed by atoms with Crippen molar-refractivity contribution < 1.29 is 15.1 Å². The van der Waals surface area contributed by atoms with Crippen LogP contribution >= 0.6 is 0 Å². The molecule has 0 radical (unpaired) electrons. The van der Waals surface area contributed by atoms with Gasteiger partial charge in [0.1, 0.15) is 0 Å². The van der Waals surface area contributed by atoms with E-state index in [1.165, 1.54) is 0 Å². The van der Waals surface area contributed by atoms with Crippen molar-refractivity contribution in [2.24, 2.45) is 10.9 Å². The van der Waals surface area contributed by atoms with Crippen molar-refractivity contribution in [2.75, 3.05) is 26.4 Å². The highest BCUT2D eigenvalue weighted by Gasteiger charge is 2.23. The molecule has 6 heteroatoms. The number of hydrogen-bond acceptors (Lipinski definition) is 4. The molecule has 0 saturated carbocycles. The van der Waals surface area contributed by atoms with Crippen molar-refractivity contribution >= 4 is 5.96 Å². The monoisotopic (exact) mass is 175 g/mol. The number of aliphatic hydroxyl groups is 1. The lowest BCUT2D eigenvalue weighted by atomic mass is 10.2. The Morgan fingerprint density at radius 2 is 2.50 bits per heavy atom. The van der Waals surface area contributed by atoms with Crippen molar-refractivity contribution in [2.45, 2.75) is 6.04 Å². The van der Waals surface area contributed by atoms with Crippen LogP contribution in [0.5, 0.6) is 0 Å². The molecule has 1 atom stereocenters. The second-order valence-electron chi connectivity index (χ2n) is 2.56. The van der Waals surface area contributed by atoms with Crippen LogP contribution in [0.4, 0.5) is 0 Å². The average Bonchev–Trinajstić information content (AvgIpc) is 2.16. The van der Waals surface area contributed by atoms with Crippen LogP contribution in [-0.2, 0) is 4.74 Å². The van der Waals surface area contributed by atoms with E-state index in [0.29, 0.717) is 19.8 Å². The van der Waals surface area contributed by atoms with Gasteiger partial charge in [0.25, 0.3) is 0 Å². The first-order chi connectivity index (χ1) is 5.79. The van der Waals surface area contributed by atoms with Gasteiger partial charge in [0.15, 0.2) is 0 Å². The van der Waals surface area contributed by atoms with Gasteiger partial charge in [-0.3, -0.25) is 0 Å². The summed E-state index contributed by atoms with van der Waals surface area (Å²) in [5.74, 6) is 0.0253. The quantitative estimate of drug-likeness (QED) is 0.193. The summed E-state index contributed by atoms with van der Waals surface area (Å²) in [7, 11) is 0. The zero-order chi connectivity index (χ0) is 8.97. The number of ether oxygens (including phenoxy) is 1. The molecule has 70 valence electrons. The average molecular weight is 175 g/mol. The molecule has 1 saturated heterocycles. The van der Waals surface area contributed by atoms with Gasteiger partial charge >= 0.3 is 0 Å². The lowest BCUT2D eigenvalue weighted by Gasteiger charge is -2.34. The van der Waals surface area contributed by atoms with E-state index in [2.05, 4.69) is 5.16 Å². The van der Waals surface area contributed by atoms with Crippen LogP contribution in [0.2, 0.25) is 0 Å². The van der Waals surface area contributed by atoms with E-state index in [4.69, 9.17) is 20.8 Å². The molecule has 0 amide bonds. The Bertz CT molecular complexity index is 173. The highest BCUT2D eigenvalue weighted by Crippen LogP contribution is 2.05. The SMILES string of the molecule is NC(=NO)N1CCOCC1CO. The molecule has 1 heterocycles. The first-order valence-corrected chi connectivity index (χ1v) is 3.72. The molecule has 0 aliphatic carbocycles. The van der Waals surface area contributed by atoms with E-state index in [1.807, 2.05) is 0 Å². The minimum atomic E-state index is -0.199. The zero-order valence-corrected chi connectivity index (χ0v) is 6.68. The summed E-state index contributed by atoms with van der Waals surface area (Å²) in [6, 6.07) is -0.199. The number of nitrogens with two attached hydrogens (primary N) is 1. The third kappa shape index (κ3) is 1.77. The topological polar surface area (TPSA) is 91.3 Å².